The van der Waals surface area contributed by atoms with Crippen LogP contribution in [0.3, 0.4) is 0 Å². The third kappa shape index (κ3) is 4.59. The monoisotopic (exact) mass is 405 g/mol. The van der Waals surface area contributed by atoms with Crippen molar-refractivity contribution in [1.82, 2.24) is 5.32 Å². The predicted molar refractivity (Wildman–Crippen MR) is 111 cm³/mol. The average molecular weight is 406 g/mol. The molecule has 3 rings (SSSR count). The van der Waals surface area contributed by atoms with Crippen molar-refractivity contribution in [2.45, 2.75) is 57.6 Å². The summed E-state index contributed by atoms with van der Waals surface area (Å²) in [6.07, 6.45) is 3.64. The van der Waals surface area contributed by atoms with Gasteiger partial charge in [-0.15, -0.1) is 0 Å². The van der Waals surface area contributed by atoms with Crippen LogP contribution in [-0.4, -0.2) is 11.5 Å². The number of carbonyl (C=O) groups is 1. The van der Waals surface area contributed by atoms with Gasteiger partial charge in [-0.05, 0) is 43.0 Å². The molecule has 0 aliphatic carbocycles. The van der Waals surface area contributed by atoms with Crippen LogP contribution in [0, 0.1) is 0 Å². The molecule has 2 aromatic carbocycles. The van der Waals surface area contributed by atoms with E-state index in [1.54, 1.807) is 6.07 Å². The molecule has 0 radical (unpaired) electrons. The van der Waals surface area contributed by atoms with Crippen LogP contribution in [0.5, 0.6) is 5.75 Å². The zero-order valence-corrected chi connectivity index (χ0v) is 17.2. The highest BCUT2D eigenvalue weighted by Crippen LogP contribution is 2.42. The maximum atomic E-state index is 12.6. The molecule has 0 saturated heterocycles. The van der Waals surface area contributed by atoms with Crippen LogP contribution < -0.4 is 10.1 Å². The molecule has 144 valence electrons. The highest BCUT2D eigenvalue weighted by molar-refractivity contribution is 6.42. The normalized spacial score (nSPS) is 17.7. The summed E-state index contributed by atoms with van der Waals surface area (Å²) in [6, 6.07) is 13.5. The predicted octanol–water partition coefficient (Wildman–Crippen LogP) is 6.12. The van der Waals surface area contributed by atoms with E-state index in [4.69, 9.17) is 27.9 Å². The van der Waals surface area contributed by atoms with Crippen molar-refractivity contribution < 1.29 is 9.53 Å². The lowest BCUT2D eigenvalue weighted by Gasteiger charge is -2.41. The first kappa shape index (κ1) is 20.0. The van der Waals surface area contributed by atoms with E-state index in [0.717, 1.165) is 36.1 Å². The summed E-state index contributed by atoms with van der Waals surface area (Å²) < 4.78 is 6.30. The standard InChI is InChI=1S/C22H25Cl2NO2/c1-3-22(4-2)14-19(16-7-5-6-8-20(16)27-22)25-21(26)12-10-15-9-11-17(23)18(24)13-15/h5-9,11,13,19H,3-4,10,12,14H2,1-2H3,(H,25,26)/t19-/m0/s1. The number of ether oxygens (including phenoxy) is 1. The van der Waals surface area contributed by atoms with E-state index in [0.29, 0.717) is 22.9 Å². The van der Waals surface area contributed by atoms with Gasteiger partial charge in [0.2, 0.25) is 5.91 Å². The molecule has 1 atom stereocenters. The third-order valence-electron chi connectivity index (χ3n) is 5.45. The Labute approximate surface area is 171 Å². The molecule has 0 aromatic heterocycles. The Morgan fingerprint density at radius 1 is 1.15 bits per heavy atom. The Kier molecular flexibility index (Phi) is 6.33. The lowest BCUT2D eigenvalue weighted by Crippen LogP contribution is -2.44. The Hall–Kier alpha value is -1.71. The minimum absolute atomic E-state index is 0.0313. The molecule has 0 unspecified atom stereocenters. The van der Waals surface area contributed by atoms with E-state index in [2.05, 4.69) is 19.2 Å². The fourth-order valence-corrected chi connectivity index (χ4v) is 3.97. The van der Waals surface area contributed by atoms with E-state index in [1.165, 1.54) is 0 Å². The third-order valence-corrected chi connectivity index (χ3v) is 6.18. The van der Waals surface area contributed by atoms with E-state index < -0.39 is 0 Å². The number of benzene rings is 2. The molecular formula is C22H25Cl2NO2. The fourth-order valence-electron chi connectivity index (χ4n) is 3.65. The van der Waals surface area contributed by atoms with Crippen LogP contribution in [0.15, 0.2) is 42.5 Å². The fraction of sp³-hybridized carbons (Fsp3) is 0.409. The van der Waals surface area contributed by atoms with Crippen LogP contribution >= 0.6 is 23.2 Å². The summed E-state index contributed by atoms with van der Waals surface area (Å²) in [4.78, 5) is 12.6. The van der Waals surface area contributed by atoms with Crippen molar-refractivity contribution in [3.63, 3.8) is 0 Å². The van der Waals surface area contributed by atoms with Gasteiger partial charge in [0.1, 0.15) is 11.4 Å². The molecular weight excluding hydrogens is 381 g/mol. The summed E-state index contributed by atoms with van der Waals surface area (Å²) in [7, 11) is 0. The molecule has 1 N–H and O–H groups in total. The molecule has 1 heterocycles. The van der Waals surface area contributed by atoms with Crippen molar-refractivity contribution >= 4 is 29.1 Å². The number of para-hydroxylation sites is 1. The summed E-state index contributed by atoms with van der Waals surface area (Å²) >= 11 is 12.0. The van der Waals surface area contributed by atoms with Gasteiger partial charge in [0.15, 0.2) is 0 Å². The Bertz CT molecular complexity index is 818. The Morgan fingerprint density at radius 3 is 2.59 bits per heavy atom. The minimum Gasteiger partial charge on any atom is -0.487 e. The number of halogens is 2. The lowest BCUT2D eigenvalue weighted by atomic mass is 9.83. The van der Waals surface area contributed by atoms with E-state index in [-0.39, 0.29) is 17.6 Å². The number of amides is 1. The van der Waals surface area contributed by atoms with Gasteiger partial charge in [-0.3, -0.25) is 4.79 Å². The number of hydrogen-bond acceptors (Lipinski definition) is 2. The number of aryl methyl sites for hydroxylation is 1. The molecule has 0 spiro atoms. The molecule has 0 saturated carbocycles. The molecule has 0 bridgehead atoms. The molecule has 1 amide bonds. The van der Waals surface area contributed by atoms with Crippen LogP contribution in [0.1, 0.15) is 56.7 Å². The highest BCUT2D eigenvalue weighted by Gasteiger charge is 2.38. The topological polar surface area (TPSA) is 38.3 Å². The first-order valence-corrected chi connectivity index (χ1v) is 10.2. The summed E-state index contributed by atoms with van der Waals surface area (Å²) in [5, 5.41) is 4.26. The zero-order valence-electron chi connectivity index (χ0n) is 15.7. The van der Waals surface area contributed by atoms with Gasteiger partial charge in [-0.25, -0.2) is 0 Å². The van der Waals surface area contributed by atoms with Crippen molar-refractivity contribution in [1.29, 1.82) is 0 Å². The molecule has 2 aromatic rings. The maximum absolute atomic E-state index is 12.6. The molecule has 5 heteroatoms. The smallest absolute Gasteiger partial charge is 0.220 e. The summed E-state index contributed by atoms with van der Waals surface area (Å²) in [5.74, 6) is 0.908. The first-order chi connectivity index (χ1) is 13.0. The van der Waals surface area contributed by atoms with Gasteiger partial charge in [-0.2, -0.15) is 0 Å². The molecule has 0 fully saturated rings. The van der Waals surface area contributed by atoms with Crippen molar-refractivity contribution in [3.05, 3.63) is 63.6 Å². The maximum Gasteiger partial charge on any atom is 0.220 e. The molecule has 1 aliphatic heterocycles. The largest absolute Gasteiger partial charge is 0.487 e. The van der Waals surface area contributed by atoms with E-state index in [9.17, 15) is 4.79 Å². The van der Waals surface area contributed by atoms with Gasteiger partial charge in [-0.1, -0.05) is 61.3 Å². The number of fused-ring (bicyclic) bond motifs is 1. The highest BCUT2D eigenvalue weighted by atomic mass is 35.5. The average Bonchev–Trinajstić information content (AvgIpc) is 2.68. The molecule has 3 nitrogen and oxygen atoms in total. The zero-order chi connectivity index (χ0) is 19.4. The van der Waals surface area contributed by atoms with Gasteiger partial charge in [0.25, 0.3) is 0 Å². The summed E-state index contributed by atoms with van der Waals surface area (Å²) in [6.45, 7) is 4.28. The van der Waals surface area contributed by atoms with Gasteiger partial charge < -0.3 is 10.1 Å². The second-order valence-corrected chi connectivity index (χ2v) is 7.92. The number of rotatable bonds is 6. The van der Waals surface area contributed by atoms with Crippen LogP contribution in [0.25, 0.3) is 0 Å². The number of hydrogen-bond donors (Lipinski definition) is 1. The second-order valence-electron chi connectivity index (χ2n) is 7.10. The van der Waals surface area contributed by atoms with Crippen molar-refractivity contribution in [2.24, 2.45) is 0 Å². The minimum atomic E-state index is -0.226. The SMILES string of the molecule is CCC1(CC)C[C@H](NC(=O)CCc2ccc(Cl)c(Cl)c2)c2ccccc2O1. The number of carbonyl (C=O) groups excluding carboxylic acids is 1. The van der Waals surface area contributed by atoms with Crippen molar-refractivity contribution in [2.75, 3.05) is 0 Å². The van der Waals surface area contributed by atoms with E-state index >= 15 is 0 Å². The van der Waals surface area contributed by atoms with Gasteiger partial charge in [0.05, 0.1) is 16.1 Å². The number of nitrogens with one attached hydrogen (secondary N) is 1. The van der Waals surface area contributed by atoms with E-state index in [1.807, 2.05) is 36.4 Å². The summed E-state index contributed by atoms with van der Waals surface area (Å²) in [5.41, 5.74) is 1.83. The quantitative estimate of drug-likeness (QED) is 0.627. The lowest BCUT2D eigenvalue weighted by molar-refractivity contribution is -0.122. The van der Waals surface area contributed by atoms with Gasteiger partial charge >= 0.3 is 0 Å². The van der Waals surface area contributed by atoms with Gasteiger partial charge in [0, 0.05) is 18.4 Å². The van der Waals surface area contributed by atoms with Crippen molar-refractivity contribution in [3.8, 4) is 5.75 Å². The first-order valence-electron chi connectivity index (χ1n) is 9.47. The molecule has 27 heavy (non-hydrogen) atoms. The Balaban J connectivity index is 1.69. The second kappa shape index (κ2) is 8.53. The van der Waals surface area contributed by atoms with Crippen LogP contribution in [0.2, 0.25) is 10.0 Å². The Morgan fingerprint density at radius 2 is 1.89 bits per heavy atom. The van der Waals surface area contributed by atoms with Crippen LogP contribution in [0.4, 0.5) is 0 Å². The van der Waals surface area contributed by atoms with Crippen LogP contribution in [-0.2, 0) is 11.2 Å². The molecule has 1 aliphatic rings.